The van der Waals surface area contributed by atoms with Crippen molar-refractivity contribution in [2.24, 2.45) is 5.73 Å². The van der Waals surface area contributed by atoms with Crippen molar-refractivity contribution in [3.8, 4) is 5.75 Å². The van der Waals surface area contributed by atoms with Crippen molar-refractivity contribution in [1.82, 2.24) is 5.32 Å². The summed E-state index contributed by atoms with van der Waals surface area (Å²) < 4.78 is 5.69. The minimum atomic E-state index is -0.360. The molecule has 0 aliphatic carbocycles. The van der Waals surface area contributed by atoms with Crippen LogP contribution in [-0.2, 0) is 11.3 Å². The van der Waals surface area contributed by atoms with Gasteiger partial charge in [0.1, 0.15) is 5.75 Å². The second kappa shape index (κ2) is 5.68. The molecule has 1 heterocycles. The van der Waals surface area contributed by atoms with Crippen molar-refractivity contribution in [3.63, 3.8) is 0 Å². The molecule has 1 unspecified atom stereocenters. The van der Waals surface area contributed by atoms with E-state index in [0.717, 1.165) is 37.1 Å². The van der Waals surface area contributed by atoms with Crippen molar-refractivity contribution in [2.75, 3.05) is 6.54 Å². The predicted molar refractivity (Wildman–Crippen MR) is 65.6 cm³/mol. The first-order valence-electron chi connectivity index (χ1n) is 6.03. The van der Waals surface area contributed by atoms with E-state index in [1.807, 2.05) is 24.3 Å². The van der Waals surface area contributed by atoms with Crippen LogP contribution in [0.15, 0.2) is 24.3 Å². The Labute approximate surface area is 101 Å². The van der Waals surface area contributed by atoms with E-state index >= 15 is 0 Å². The van der Waals surface area contributed by atoms with Gasteiger partial charge in [0, 0.05) is 13.1 Å². The molecule has 17 heavy (non-hydrogen) atoms. The highest BCUT2D eigenvalue weighted by atomic mass is 16.5. The molecule has 1 aromatic rings. The maximum Gasteiger partial charge on any atom is 0.261 e. The lowest BCUT2D eigenvalue weighted by molar-refractivity contribution is -0.127. The molecule has 92 valence electrons. The lowest BCUT2D eigenvalue weighted by Gasteiger charge is -2.15. The molecule has 4 heteroatoms. The Morgan fingerprint density at radius 3 is 2.76 bits per heavy atom. The van der Waals surface area contributed by atoms with Crippen LogP contribution in [0.2, 0.25) is 0 Å². The van der Waals surface area contributed by atoms with Crippen LogP contribution in [0.25, 0.3) is 0 Å². The lowest BCUT2D eigenvalue weighted by atomic mass is 10.1. The summed E-state index contributed by atoms with van der Waals surface area (Å²) in [5, 5.41) is 2.85. The molecule has 1 atom stereocenters. The predicted octanol–water partition coefficient (Wildman–Crippen LogP) is 1.19. The minimum absolute atomic E-state index is 0.00889. The van der Waals surface area contributed by atoms with Crippen molar-refractivity contribution >= 4 is 5.91 Å². The summed E-state index contributed by atoms with van der Waals surface area (Å²) in [6.07, 6.45) is 2.47. The fraction of sp³-hybridized carbons (Fsp3) is 0.462. The van der Waals surface area contributed by atoms with Crippen LogP contribution in [0, 0.1) is 0 Å². The smallest absolute Gasteiger partial charge is 0.261 e. The van der Waals surface area contributed by atoms with Gasteiger partial charge in [0.05, 0.1) is 0 Å². The summed E-state index contributed by atoms with van der Waals surface area (Å²) in [6.45, 7) is 1.27. The summed E-state index contributed by atoms with van der Waals surface area (Å²) in [4.78, 5) is 11.7. The van der Waals surface area contributed by atoms with E-state index in [1.54, 1.807) is 0 Å². The molecule has 1 aliphatic heterocycles. The number of carbonyl (C=O) groups is 1. The van der Waals surface area contributed by atoms with Gasteiger partial charge in [-0.1, -0.05) is 12.1 Å². The van der Waals surface area contributed by atoms with Gasteiger partial charge in [-0.25, -0.2) is 0 Å². The van der Waals surface area contributed by atoms with E-state index in [1.165, 1.54) is 0 Å². The molecule has 1 fully saturated rings. The zero-order chi connectivity index (χ0) is 12.1. The van der Waals surface area contributed by atoms with Crippen molar-refractivity contribution in [2.45, 2.75) is 31.9 Å². The van der Waals surface area contributed by atoms with Crippen LogP contribution in [0.1, 0.15) is 24.8 Å². The highest BCUT2D eigenvalue weighted by molar-refractivity contribution is 5.81. The van der Waals surface area contributed by atoms with Gasteiger partial charge >= 0.3 is 0 Å². The molecule has 1 aromatic carbocycles. The molecule has 4 nitrogen and oxygen atoms in total. The second-order valence-corrected chi connectivity index (χ2v) is 4.24. The SMILES string of the molecule is NCc1ccc(OC2CCCCNC2=O)cc1. The number of carbonyl (C=O) groups excluding carboxylic acids is 1. The Morgan fingerprint density at radius 2 is 2.06 bits per heavy atom. The van der Waals surface area contributed by atoms with E-state index in [9.17, 15) is 4.79 Å². The van der Waals surface area contributed by atoms with Gasteiger partial charge in [0.2, 0.25) is 0 Å². The molecule has 3 N–H and O–H groups in total. The molecule has 0 radical (unpaired) electrons. The second-order valence-electron chi connectivity index (χ2n) is 4.24. The molecule has 0 bridgehead atoms. The Bertz CT molecular complexity index is 376. The maximum atomic E-state index is 11.7. The van der Waals surface area contributed by atoms with E-state index in [-0.39, 0.29) is 12.0 Å². The topological polar surface area (TPSA) is 64.3 Å². The van der Waals surface area contributed by atoms with Gasteiger partial charge in [0.15, 0.2) is 6.10 Å². The average Bonchev–Trinajstić information content (AvgIpc) is 2.56. The third kappa shape index (κ3) is 3.20. The molecule has 0 spiro atoms. The molecule has 1 amide bonds. The fourth-order valence-corrected chi connectivity index (χ4v) is 1.89. The number of nitrogens with one attached hydrogen (secondary N) is 1. The molecular weight excluding hydrogens is 216 g/mol. The summed E-state index contributed by atoms with van der Waals surface area (Å²) >= 11 is 0. The third-order valence-corrected chi connectivity index (χ3v) is 2.92. The third-order valence-electron chi connectivity index (χ3n) is 2.92. The van der Waals surface area contributed by atoms with E-state index in [0.29, 0.717) is 6.54 Å². The molecule has 0 saturated carbocycles. The minimum Gasteiger partial charge on any atom is -0.481 e. The zero-order valence-corrected chi connectivity index (χ0v) is 9.82. The first-order chi connectivity index (χ1) is 8.29. The van der Waals surface area contributed by atoms with Gasteiger partial charge in [-0.05, 0) is 37.0 Å². The molecule has 0 aromatic heterocycles. The molecule has 1 aliphatic rings. The van der Waals surface area contributed by atoms with Gasteiger partial charge < -0.3 is 15.8 Å². The van der Waals surface area contributed by atoms with E-state index in [2.05, 4.69) is 5.32 Å². The number of hydrogen-bond donors (Lipinski definition) is 2. The van der Waals surface area contributed by atoms with E-state index < -0.39 is 0 Å². The Balaban J connectivity index is 2.00. The normalized spacial score (nSPS) is 20.5. The standard InChI is InChI=1S/C13H18N2O2/c14-9-10-4-6-11(7-5-10)17-12-3-1-2-8-15-13(12)16/h4-7,12H,1-3,8-9,14H2,(H,15,16). The zero-order valence-electron chi connectivity index (χ0n) is 9.82. The summed E-state index contributed by atoms with van der Waals surface area (Å²) in [6, 6.07) is 7.56. The summed E-state index contributed by atoms with van der Waals surface area (Å²) in [5.41, 5.74) is 6.58. The van der Waals surface area contributed by atoms with Crippen LogP contribution >= 0.6 is 0 Å². The van der Waals surface area contributed by atoms with Gasteiger partial charge in [-0.2, -0.15) is 0 Å². The molecule has 1 saturated heterocycles. The van der Waals surface area contributed by atoms with Gasteiger partial charge in [-0.3, -0.25) is 4.79 Å². The van der Waals surface area contributed by atoms with Crippen LogP contribution in [0.5, 0.6) is 5.75 Å². The maximum absolute atomic E-state index is 11.7. The van der Waals surface area contributed by atoms with Crippen molar-refractivity contribution in [1.29, 1.82) is 0 Å². The number of benzene rings is 1. The van der Waals surface area contributed by atoms with Crippen molar-refractivity contribution < 1.29 is 9.53 Å². The molecular formula is C13H18N2O2. The number of rotatable bonds is 3. The number of hydrogen-bond acceptors (Lipinski definition) is 3. The lowest BCUT2D eigenvalue weighted by Crippen LogP contribution is -2.36. The summed E-state index contributed by atoms with van der Waals surface area (Å²) in [5.74, 6) is 0.717. The monoisotopic (exact) mass is 234 g/mol. The van der Waals surface area contributed by atoms with Crippen LogP contribution in [-0.4, -0.2) is 18.6 Å². The molecule has 2 rings (SSSR count). The number of nitrogens with two attached hydrogens (primary N) is 1. The van der Waals surface area contributed by atoms with Crippen LogP contribution < -0.4 is 15.8 Å². The average molecular weight is 234 g/mol. The number of amides is 1. The van der Waals surface area contributed by atoms with Crippen molar-refractivity contribution in [3.05, 3.63) is 29.8 Å². The first kappa shape index (κ1) is 11.9. The Kier molecular flexibility index (Phi) is 3.98. The Morgan fingerprint density at radius 1 is 1.29 bits per heavy atom. The largest absolute Gasteiger partial charge is 0.481 e. The summed E-state index contributed by atoms with van der Waals surface area (Å²) in [7, 11) is 0. The van der Waals surface area contributed by atoms with Gasteiger partial charge in [0.25, 0.3) is 5.91 Å². The van der Waals surface area contributed by atoms with E-state index in [4.69, 9.17) is 10.5 Å². The first-order valence-corrected chi connectivity index (χ1v) is 6.03. The quantitative estimate of drug-likeness (QED) is 0.825. The highest BCUT2D eigenvalue weighted by Crippen LogP contribution is 2.17. The fourth-order valence-electron chi connectivity index (χ4n) is 1.89. The number of ether oxygens (including phenoxy) is 1. The van der Waals surface area contributed by atoms with Crippen LogP contribution in [0.4, 0.5) is 0 Å². The highest BCUT2D eigenvalue weighted by Gasteiger charge is 2.21. The van der Waals surface area contributed by atoms with Gasteiger partial charge in [-0.15, -0.1) is 0 Å². The van der Waals surface area contributed by atoms with Crippen LogP contribution in [0.3, 0.4) is 0 Å². The Hall–Kier alpha value is -1.55.